The molecule has 0 aliphatic rings. The molecule has 0 amide bonds. The van der Waals surface area contributed by atoms with Gasteiger partial charge in [0.25, 0.3) is 5.69 Å². The first-order chi connectivity index (χ1) is 14.9. The van der Waals surface area contributed by atoms with Gasteiger partial charge in [-0.05, 0) is 81.8 Å². The van der Waals surface area contributed by atoms with E-state index in [0.717, 1.165) is 14.7 Å². The molecule has 8 heteroatoms. The van der Waals surface area contributed by atoms with Crippen LogP contribution in [0.1, 0.15) is 27.0 Å². The highest BCUT2D eigenvalue weighted by Crippen LogP contribution is 2.26. The van der Waals surface area contributed by atoms with Crippen LogP contribution in [0.2, 0.25) is 0 Å². The van der Waals surface area contributed by atoms with Gasteiger partial charge in [0.1, 0.15) is 12.4 Å². The van der Waals surface area contributed by atoms with E-state index in [1.54, 1.807) is 36.4 Å². The predicted octanol–water partition coefficient (Wildman–Crippen LogP) is 5.54. The van der Waals surface area contributed by atoms with E-state index in [0.29, 0.717) is 16.9 Å². The second-order valence-corrected chi connectivity index (χ2v) is 7.62. The summed E-state index contributed by atoms with van der Waals surface area (Å²) in [7, 11) is 0. The Morgan fingerprint density at radius 3 is 2.29 bits per heavy atom. The number of hydrogen-bond donors (Lipinski definition) is 1. The van der Waals surface area contributed by atoms with Crippen LogP contribution in [-0.4, -0.2) is 16.0 Å². The Kier molecular flexibility index (Phi) is 6.99. The van der Waals surface area contributed by atoms with Crippen LogP contribution in [-0.2, 0) is 6.61 Å². The molecule has 0 radical (unpaired) electrons. The normalized spacial score (nSPS) is 10.9. The van der Waals surface area contributed by atoms with Crippen LogP contribution in [0.3, 0.4) is 0 Å². The summed E-state index contributed by atoms with van der Waals surface area (Å²) in [5.41, 5.74) is 2.83. The number of allylic oxidation sites excluding steroid dienone is 1. The summed E-state index contributed by atoms with van der Waals surface area (Å²) in [4.78, 5) is 21.3. The number of carboxylic acids is 1. The third-order valence-corrected chi connectivity index (χ3v) is 5.21. The van der Waals surface area contributed by atoms with Crippen LogP contribution in [0.5, 0.6) is 5.75 Å². The monoisotopic (exact) mass is 526 g/mol. The van der Waals surface area contributed by atoms with Crippen LogP contribution < -0.4 is 4.74 Å². The van der Waals surface area contributed by atoms with Crippen molar-refractivity contribution in [2.24, 2.45) is 0 Å². The van der Waals surface area contributed by atoms with E-state index >= 15 is 0 Å². The number of nitro benzene ring substituents is 1. The zero-order valence-corrected chi connectivity index (χ0v) is 18.1. The molecule has 3 rings (SSSR count). The van der Waals surface area contributed by atoms with E-state index in [1.807, 2.05) is 12.1 Å². The average molecular weight is 526 g/mol. The number of aromatic carboxylic acids is 1. The number of rotatable bonds is 7. The topological polar surface area (TPSA) is 113 Å². The molecule has 1 N–H and O–H groups in total. The van der Waals surface area contributed by atoms with Gasteiger partial charge in [-0.2, -0.15) is 5.26 Å². The molecule has 0 aromatic heterocycles. The first-order valence-electron chi connectivity index (χ1n) is 8.98. The SMILES string of the molecule is N#C/C(=C/c1ccc(OCc2ccc([N+](=O)[O-])cc2)c(I)c1)c1ccc(C(=O)O)cc1. The molecule has 0 fully saturated rings. The van der Waals surface area contributed by atoms with Crippen LogP contribution >= 0.6 is 22.6 Å². The molecule has 0 saturated carbocycles. The molecular weight excluding hydrogens is 511 g/mol. The highest BCUT2D eigenvalue weighted by atomic mass is 127. The molecule has 0 spiro atoms. The minimum absolute atomic E-state index is 0.0281. The molecule has 3 aromatic carbocycles. The summed E-state index contributed by atoms with van der Waals surface area (Å²) in [5.74, 6) is -0.367. The summed E-state index contributed by atoms with van der Waals surface area (Å²) < 4.78 is 6.65. The Bertz CT molecular complexity index is 1200. The number of ether oxygens (including phenoxy) is 1. The van der Waals surface area contributed by atoms with Crippen molar-refractivity contribution in [2.75, 3.05) is 0 Å². The quantitative estimate of drug-likeness (QED) is 0.142. The summed E-state index contributed by atoms with van der Waals surface area (Å²) >= 11 is 2.14. The van der Waals surface area contributed by atoms with Crippen molar-refractivity contribution in [2.45, 2.75) is 6.61 Å². The van der Waals surface area contributed by atoms with Crippen molar-refractivity contribution in [3.05, 3.63) is 103 Å². The molecule has 0 heterocycles. The van der Waals surface area contributed by atoms with Gasteiger partial charge in [0.2, 0.25) is 0 Å². The number of hydrogen-bond acceptors (Lipinski definition) is 5. The maximum Gasteiger partial charge on any atom is 0.335 e. The Morgan fingerprint density at radius 1 is 1.10 bits per heavy atom. The van der Waals surface area contributed by atoms with Crippen LogP contribution in [0, 0.1) is 25.0 Å². The minimum Gasteiger partial charge on any atom is -0.488 e. The van der Waals surface area contributed by atoms with Gasteiger partial charge >= 0.3 is 5.97 Å². The fourth-order valence-electron chi connectivity index (χ4n) is 2.74. The Hall–Kier alpha value is -3.71. The van der Waals surface area contributed by atoms with E-state index in [-0.39, 0.29) is 17.9 Å². The number of nitro groups is 1. The maximum absolute atomic E-state index is 11.0. The number of carbonyl (C=O) groups is 1. The summed E-state index contributed by atoms with van der Waals surface area (Å²) in [6.45, 7) is 0.266. The fraction of sp³-hybridized carbons (Fsp3) is 0.0435. The lowest BCUT2D eigenvalue weighted by atomic mass is 10.0. The molecule has 0 unspecified atom stereocenters. The van der Waals surface area contributed by atoms with E-state index in [4.69, 9.17) is 9.84 Å². The zero-order valence-electron chi connectivity index (χ0n) is 16.0. The number of non-ortho nitro benzene ring substituents is 1. The van der Waals surface area contributed by atoms with Crippen LogP contribution in [0.25, 0.3) is 11.6 Å². The van der Waals surface area contributed by atoms with E-state index in [2.05, 4.69) is 28.7 Å². The summed E-state index contributed by atoms with van der Waals surface area (Å²) in [5, 5.41) is 29.2. The smallest absolute Gasteiger partial charge is 0.335 e. The molecule has 0 bridgehead atoms. The Morgan fingerprint density at radius 2 is 1.74 bits per heavy atom. The number of benzene rings is 3. The van der Waals surface area contributed by atoms with Gasteiger partial charge in [0, 0.05) is 12.1 Å². The molecule has 0 atom stereocenters. The standard InChI is InChI=1S/C23H15IN2O5/c24-21-12-16(11-19(13-25)17-4-6-18(7-5-17)23(27)28)3-10-22(21)31-14-15-1-8-20(9-2-15)26(29)30/h1-12H,14H2,(H,27,28)/b19-11-. The second-order valence-electron chi connectivity index (χ2n) is 6.45. The lowest BCUT2D eigenvalue weighted by molar-refractivity contribution is -0.384. The number of carboxylic acid groups (broad SMARTS) is 1. The van der Waals surface area contributed by atoms with Gasteiger partial charge in [-0.15, -0.1) is 0 Å². The van der Waals surface area contributed by atoms with Crippen molar-refractivity contribution in [3.63, 3.8) is 0 Å². The maximum atomic E-state index is 11.0. The van der Waals surface area contributed by atoms with E-state index < -0.39 is 10.9 Å². The van der Waals surface area contributed by atoms with E-state index in [1.165, 1.54) is 24.3 Å². The first-order valence-corrected chi connectivity index (χ1v) is 10.1. The predicted molar refractivity (Wildman–Crippen MR) is 123 cm³/mol. The Balaban J connectivity index is 1.73. The van der Waals surface area contributed by atoms with Gasteiger partial charge in [-0.1, -0.05) is 18.2 Å². The lowest BCUT2D eigenvalue weighted by Crippen LogP contribution is -1.98. The van der Waals surface area contributed by atoms with Crippen molar-refractivity contribution in [1.29, 1.82) is 5.26 Å². The molecule has 3 aromatic rings. The molecule has 0 saturated heterocycles. The van der Waals surface area contributed by atoms with Crippen molar-refractivity contribution >= 4 is 45.9 Å². The second kappa shape index (κ2) is 9.86. The Labute approximate surface area is 191 Å². The van der Waals surface area contributed by atoms with Gasteiger partial charge in [-0.25, -0.2) is 4.79 Å². The van der Waals surface area contributed by atoms with Crippen molar-refractivity contribution in [3.8, 4) is 11.8 Å². The average Bonchev–Trinajstić information content (AvgIpc) is 2.77. The highest BCUT2D eigenvalue weighted by molar-refractivity contribution is 14.1. The largest absolute Gasteiger partial charge is 0.488 e. The third-order valence-electron chi connectivity index (χ3n) is 4.37. The van der Waals surface area contributed by atoms with E-state index in [9.17, 15) is 20.2 Å². The van der Waals surface area contributed by atoms with Crippen molar-refractivity contribution in [1.82, 2.24) is 0 Å². The molecule has 0 aliphatic heterocycles. The molecular formula is C23H15IN2O5. The number of nitrogens with zero attached hydrogens (tertiary/aromatic N) is 2. The third kappa shape index (κ3) is 5.67. The molecule has 154 valence electrons. The zero-order chi connectivity index (χ0) is 22.4. The van der Waals surface area contributed by atoms with Gasteiger partial charge < -0.3 is 9.84 Å². The summed E-state index contributed by atoms with van der Waals surface area (Å²) in [6, 6.07) is 19.9. The molecule has 31 heavy (non-hydrogen) atoms. The molecule has 0 aliphatic carbocycles. The number of halogens is 1. The lowest BCUT2D eigenvalue weighted by Gasteiger charge is -2.09. The van der Waals surface area contributed by atoms with Crippen LogP contribution in [0.4, 0.5) is 5.69 Å². The number of nitriles is 1. The van der Waals surface area contributed by atoms with Gasteiger partial charge in [0.15, 0.2) is 0 Å². The van der Waals surface area contributed by atoms with Crippen molar-refractivity contribution < 1.29 is 19.6 Å². The first kappa shape index (κ1) is 22.0. The molecule has 7 nitrogen and oxygen atoms in total. The van der Waals surface area contributed by atoms with Crippen LogP contribution in [0.15, 0.2) is 66.7 Å². The van der Waals surface area contributed by atoms with Gasteiger partial charge in [-0.3, -0.25) is 10.1 Å². The summed E-state index contributed by atoms with van der Waals surface area (Å²) in [6.07, 6.45) is 1.72. The highest BCUT2D eigenvalue weighted by Gasteiger charge is 2.08. The minimum atomic E-state index is -1.02. The van der Waals surface area contributed by atoms with Gasteiger partial charge in [0.05, 0.1) is 25.7 Å². The fourth-order valence-corrected chi connectivity index (χ4v) is 3.43.